The van der Waals surface area contributed by atoms with E-state index >= 15 is 0 Å². The van der Waals surface area contributed by atoms with E-state index in [1.807, 2.05) is 12.1 Å². The molecule has 3 rings (SSSR count). The van der Waals surface area contributed by atoms with Crippen molar-refractivity contribution < 1.29 is 9.15 Å². The summed E-state index contributed by atoms with van der Waals surface area (Å²) in [4.78, 5) is 0. The van der Waals surface area contributed by atoms with Crippen LogP contribution in [0.4, 0.5) is 0 Å². The van der Waals surface area contributed by atoms with Crippen LogP contribution in [-0.2, 0) is 4.74 Å². The second kappa shape index (κ2) is 5.32. The van der Waals surface area contributed by atoms with Crippen molar-refractivity contribution in [1.82, 2.24) is 0 Å². The number of nitrogens with zero attached hydrogens (tertiary/aromatic N) is 3. The quantitative estimate of drug-likeness (QED) is 0.847. The molecule has 2 N–H and O–H groups in total. The molecule has 0 fully saturated rings. The first-order valence-electron chi connectivity index (χ1n) is 7.16. The number of hydrogen-bond donors (Lipinski definition) is 1. The van der Waals surface area contributed by atoms with Gasteiger partial charge in [0.1, 0.15) is 17.6 Å². The molecule has 2 atom stereocenters. The molecule has 6 heteroatoms. The lowest BCUT2D eigenvalue weighted by Gasteiger charge is -2.41. The Bertz CT molecular complexity index is 827. The summed E-state index contributed by atoms with van der Waals surface area (Å²) in [5.41, 5.74) is 5.40. The zero-order valence-electron chi connectivity index (χ0n) is 12.5. The van der Waals surface area contributed by atoms with Gasteiger partial charge in [0.05, 0.1) is 42.5 Å². The van der Waals surface area contributed by atoms with Crippen molar-refractivity contribution in [2.75, 3.05) is 13.2 Å². The Hall–Kier alpha value is -3.01. The van der Waals surface area contributed by atoms with Gasteiger partial charge in [-0.3, -0.25) is 0 Å². The summed E-state index contributed by atoms with van der Waals surface area (Å²) in [6, 6.07) is 9.65. The standard InChI is InChI=1S/C17H14N4O2/c1-10-2-3-14(23-10)15-13-7-22-5-4-11(13)12(6-18)16(21)17(15,8-19)9-20/h2-4,13,15H,5,7,21H2,1H3/t13-,15-/m1/s1. The normalized spacial score (nSPS) is 25.6. The van der Waals surface area contributed by atoms with Crippen LogP contribution in [0.15, 0.2) is 39.5 Å². The fourth-order valence-electron chi connectivity index (χ4n) is 3.41. The second-order valence-corrected chi connectivity index (χ2v) is 5.66. The Labute approximate surface area is 133 Å². The molecule has 1 aliphatic heterocycles. The molecule has 114 valence electrons. The minimum absolute atomic E-state index is 0.00606. The van der Waals surface area contributed by atoms with Gasteiger partial charge in [-0.2, -0.15) is 15.8 Å². The van der Waals surface area contributed by atoms with Crippen LogP contribution in [-0.4, -0.2) is 13.2 Å². The maximum atomic E-state index is 9.76. The number of ether oxygens (including phenoxy) is 1. The molecule has 6 nitrogen and oxygen atoms in total. The van der Waals surface area contributed by atoms with Crippen molar-refractivity contribution in [2.24, 2.45) is 17.1 Å². The maximum absolute atomic E-state index is 9.76. The van der Waals surface area contributed by atoms with Gasteiger partial charge in [-0.15, -0.1) is 0 Å². The molecule has 0 radical (unpaired) electrons. The van der Waals surface area contributed by atoms with Gasteiger partial charge in [0.2, 0.25) is 0 Å². The van der Waals surface area contributed by atoms with E-state index in [9.17, 15) is 15.8 Å². The summed E-state index contributed by atoms with van der Waals surface area (Å²) in [6.45, 7) is 2.47. The van der Waals surface area contributed by atoms with Crippen LogP contribution in [0.3, 0.4) is 0 Å². The van der Waals surface area contributed by atoms with E-state index in [1.54, 1.807) is 25.1 Å². The molecular weight excluding hydrogens is 292 g/mol. The smallest absolute Gasteiger partial charge is 0.194 e. The minimum atomic E-state index is -1.65. The topological polar surface area (TPSA) is 120 Å². The van der Waals surface area contributed by atoms with Gasteiger partial charge in [-0.1, -0.05) is 6.08 Å². The van der Waals surface area contributed by atoms with Crippen molar-refractivity contribution in [1.29, 1.82) is 15.8 Å². The third-order valence-electron chi connectivity index (χ3n) is 4.50. The molecule has 0 saturated heterocycles. The Morgan fingerprint density at radius 1 is 1.26 bits per heavy atom. The summed E-state index contributed by atoms with van der Waals surface area (Å²) >= 11 is 0. The third-order valence-corrected chi connectivity index (χ3v) is 4.50. The van der Waals surface area contributed by atoms with E-state index in [1.165, 1.54) is 0 Å². The van der Waals surface area contributed by atoms with Gasteiger partial charge in [0.25, 0.3) is 0 Å². The molecule has 1 aliphatic carbocycles. The van der Waals surface area contributed by atoms with Gasteiger partial charge < -0.3 is 14.9 Å². The molecule has 0 saturated carbocycles. The van der Waals surface area contributed by atoms with Crippen LogP contribution in [0, 0.1) is 52.2 Å². The number of rotatable bonds is 1. The van der Waals surface area contributed by atoms with E-state index < -0.39 is 11.3 Å². The summed E-state index contributed by atoms with van der Waals surface area (Å²) in [7, 11) is 0. The van der Waals surface area contributed by atoms with Crippen molar-refractivity contribution in [3.8, 4) is 18.2 Å². The highest BCUT2D eigenvalue weighted by Crippen LogP contribution is 2.54. The van der Waals surface area contributed by atoms with Crippen molar-refractivity contribution in [2.45, 2.75) is 12.8 Å². The zero-order chi connectivity index (χ0) is 16.6. The van der Waals surface area contributed by atoms with E-state index in [0.29, 0.717) is 24.7 Å². The Balaban J connectivity index is 2.33. The highest BCUT2D eigenvalue weighted by molar-refractivity contribution is 5.58. The predicted octanol–water partition coefficient (Wildman–Crippen LogP) is 2.03. The summed E-state index contributed by atoms with van der Waals surface area (Å²) in [5, 5.41) is 29.0. The molecule has 1 aromatic rings. The lowest BCUT2D eigenvalue weighted by molar-refractivity contribution is 0.0927. The second-order valence-electron chi connectivity index (χ2n) is 5.66. The number of aryl methyl sites for hydroxylation is 1. The van der Waals surface area contributed by atoms with Crippen molar-refractivity contribution in [3.05, 3.63) is 46.6 Å². The number of nitrogens with two attached hydrogens (primary N) is 1. The first-order chi connectivity index (χ1) is 11.1. The van der Waals surface area contributed by atoms with Crippen LogP contribution in [0.2, 0.25) is 0 Å². The number of fused-ring (bicyclic) bond motifs is 1. The minimum Gasteiger partial charge on any atom is -0.466 e. The number of nitriles is 3. The average molecular weight is 306 g/mol. The van der Waals surface area contributed by atoms with Gasteiger partial charge in [0.15, 0.2) is 5.41 Å². The largest absolute Gasteiger partial charge is 0.466 e. The number of allylic oxidation sites excluding steroid dienone is 2. The lowest BCUT2D eigenvalue weighted by Crippen LogP contribution is -2.44. The van der Waals surface area contributed by atoms with Crippen LogP contribution in [0.1, 0.15) is 17.4 Å². The van der Waals surface area contributed by atoms with Gasteiger partial charge in [-0.05, 0) is 24.6 Å². The molecule has 2 aliphatic rings. The van der Waals surface area contributed by atoms with E-state index in [0.717, 1.165) is 5.57 Å². The Kier molecular flexibility index (Phi) is 3.45. The first kappa shape index (κ1) is 14.9. The van der Waals surface area contributed by atoms with Crippen molar-refractivity contribution in [3.63, 3.8) is 0 Å². The van der Waals surface area contributed by atoms with E-state index in [-0.39, 0.29) is 17.2 Å². The van der Waals surface area contributed by atoms with Crippen LogP contribution < -0.4 is 5.73 Å². The van der Waals surface area contributed by atoms with Crippen LogP contribution in [0.5, 0.6) is 0 Å². The van der Waals surface area contributed by atoms with E-state index in [2.05, 4.69) is 6.07 Å². The molecule has 0 bridgehead atoms. The molecule has 0 unspecified atom stereocenters. The number of furan rings is 1. The van der Waals surface area contributed by atoms with Gasteiger partial charge in [-0.25, -0.2) is 0 Å². The molecule has 1 aromatic heterocycles. The molecule has 0 aromatic carbocycles. The summed E-state index contributed by atoms with van der Waals surface area (Å²) < 4.78 is 11.2. The number of hydrogen-bond acceptors (Lipinski definition) is 6. The summed E-state index contributed by atoms with van der Waals surface area (Å²) in [6.07, 6.45) is 1.79. The van der Waals surface area contributed by atoms with Crippen LogP contribution in [0.25, 0.3) is 0 Å². The fraction of sp³-hybridized carbons (Fsp3) is 0.353. The fourth-order valence-corrected chi connectivity index (χ4v) is 3.41. The molecule has 0 amide bonds. The molecule has 23 heavy (non-hydrogen) atoms. The SMILES string of the molecule is Cc1ccc([C@H]2[C@@H]3COCC=C3C(C#N)=C(N)C2(C#N)C#N)o1. The van der Waals surface area contributed by atoms with Crippen molar-refractivity contribution >= 4 is 0 Å². The maximum Gasteiger partial charge on any atom is 0.194 e. The molecular formula is C17H14N4O2. The zero-order valence-corrected chi connectivity index (χ0v) is 12.5. The molecule has 2 heterocycles. The monoisotopic (exact) mass is 306 g/mol. The third kappa shape index (κ3) is 1.95. The van der Waals surface area contributed by atoms with E-state index in [4.69, 9.17) is 14.9 Å². The Morgan fingerprint density at radius 2 is 2.00 bits per heavy atom. The first-order valence-corrected chi connectivity index (χ1v) is 7.16. The predicted molar refractivity (Wildman–Crippen MR) is 79.1 cm³/mol. The molecule has 0 spiro atoms. The average Bonchev–Trinajstić information content (AvgIpc) is 3.00. The van der Waals surface area contributed by atoms with Crippen LogP contribution >= 0.6 is 0 Å². The highest BCUT2D eigenvalue weighted by atomic mass is 16.5. The lowest BCUT2D eigenvalue weighted by atomic mass is 9.60. The Morgan fingerprint density at radius 3 is 2.57 bits per heavy atom. The van der Waals surface area contributed by atoms with Gasteiger partial charge >= 0.3 is 0 Å². The highest BCUT2D eigenvalue weighted by Gasteiger charge is 2.55. The van der Waals surface area contributed by atoms with Gasteiger partial charge in [0, 0.05) is 5.92 Å². The summed E-state index contributed by atoms with van der Waals surface area (Å²) in [5.74, 6) is 0.248.